The van der Waals surface area contributed by atoms with Crippen molar-refractivity contribution in [3.05, 3.63) is 65.5 Å². The van der Waals surface area contributed by atoms with Crippen molar-refractivity contribution in [2.45, 2.75) is 13.8 Å². The molecule has 0 aliphatic carbocycles. The van der Waals surface area contributed by atoms with Crippen LogP contribution in [0.1, 0.15) is 17.0 Å². The van der Waals surface area contributed by atoms with Crippen molar-refractivity contribution in [1.82, 2.24) is 29.5 Å². The highest BCUT2D eigenvalue weighted by atomic mass is 19.1. The lowest BCUT2D eigenvalue weighted by Crippen LogP contribution is -2.04. The molecule has 29 heavy (non-hydrogen) atoms. The topological polar surface area (TPSA) is 97.2 Å². The Bertz CT molecular complexity index is 1230. The van der Waals surface area contributed by atoms with E-state index in [1.165, 1.54) is 18.5 Å². The highest BCUT2D eigenvalue weighted by Crippen LogP contribution is 2.30. The van der Waals surface area contributed by atoms with Crippen LogP contribution in [0.5, 0.6) is 0 Å². The van der Waals surface area contributed by atoms with Gasteiger partial charge in [0.1, 0.15) is 29.6 Å². The molecule has 4 aromatic rings. The van der Waals surface area contributed by atoms with E-state index in [9.17, 15) is 9.65 Å². The van der Waals surface area contributed by atoms with E-state index < -0.39 is 0 Å². The smallest absolute Gasteiger partial charge is 0.172 e. The second-order valence-electron chi connectivity index (χ2n) is 6.54. The number of rotatable bonds is 4. The molecule has 3 heterocycles. The van der Waals surface area contributed by atoms with Gasteiger partial charge in [0, 0.05) is 24.4 Å². The van der Waals surface area contributed by atoms with E-state index in [0.717, 1.165) is 11.4 Å². The van der Waals surface area contributed by atoms with E-state index in [0.29, 0.717) is 34.3 Å². The molecule has 0 saturated carbocycles. The van der Waals surface area contributed by atoms with Crippen LogP contribution in [0.3, 0.4) is 0 Å². The van der Waals surface area contributed by atoms with Crippen LogP contribution in [0, 0.1) is 31.0 Å². The molecule has 1 aromatic carbocycles. The average Bonchev–Trinajstić information content (AvgIpc) is 3.20. The Morgan fingerprint density at radius 1 is 1.07 bits per heavy atom. The maximum Gasteiger partial charge on any atom is 0.172 e. The highest BCUT2D eigenvalue weighted by Gasteiger charge is 2.18. The molecule has 3 aromatic heterocycles. The van der Waals surface area contributed by atoms with Crippen LogP contribution >= 0.6 is 0 Å². The number of hydrogen-bond acceptors (Lipinski definition) is 6. The van der Waals surface area contributed by atoms with Gasteiger partial charge in [0.15, 0.2) is 11.6 Å². The number of nitrogens with zero attached hydrogens (tertiary/aromatic N) is 7. The molecule has 0 amide bonds. The standard InChI is InChI=1S/C20H17FN8/c1-12-8-13(2)29(26-12)18-9-17(23-11-24-18)25-20-16(10-22)19(28(3)27-20)14-4-6-15(21)7-5-14/h4-9,11H,1-3H3,(H,23,24,25,27). The quantitative estimate of drug-likeness (QED) is 0.575. The number of nitrogens with one attached hydrogen (secondary N) is 1. The van der Waals surface area contributed by atoms with Crippen LogP contribution in [0.2, 0.25) is 0 Å². The molecule has 0 saturated heterocycles. The van der Waals surface area contributed by atoms with Crippen LogP contribution in [0.15, 0.2) is 42.7 Å². The third-order valence-electron chi connectivity index (χ3n) is 4.40. The molecule has 0 unspecified atom stereocenters. The SMILES string of the molecule is Cc1cc(C)n(-c2cc(Nc3nn(C)c(-c4ccc(F)cc4)c3C#N)ncn2)n1. The predicted octanol–water partition coefficient (Wildman–Crippen LogP) is 3.43. The number of benzene rings is 1. The molecule has 1 N–H and O–H groups in total. The van der Waals surface area contributed by atoms with Crippen molar-refractivity contribution < 1.29 is 4.39 Å². The van der Waals surface area contributed by atoms with Crippen LogP contribution in [-0.2, 0) is 7.05 Å². The number of aryl methyl sites for hydroxylation is 3. The summed E-state index contributed by atoms with van der Waals surface area (Å²) in [5.41, 5.74) is 3.45. The first-order chi connectivity index (χ1) is 14.0. The molecular formula is C20H17FN8. The minimum absolute atomic E-state index is 0.338. The lowest BCUT2D eigenvalue weighted by molar-refractivity contribution is 0.628. The van der Waals surface area contributed by atoms with Gasteiger partial charge in [-0.2, -0.15) is 15.5 Å². The molecule has 0 fully saturated rings. The zero-order chi connectivity index (χ0) is 20.5. The first-order valence-electron chi connectivity index (χ1n) is 8.82. The third kappa shape index (κ3) is 3.43. The monoisotopic (exact) mass is 388 g/mol. The first-order valence-corrected chi connectivity index (χ1v) is 8.82. The van der Waals surface area contributed by atoms with E-state index in [-0.39, 0.29) is 5.82 Å². The first kappa shape index (κ1) is 18.3. The summed E-state index contributed by atoms with van der Waals surface area (Å²) in [6.45, 7) is 3.85. The average molecular weight is 388 g/mol. The Balaban J connectivity index is 1.71. The van der Waals surface area contributed by atoms with Crippen LogP contribution in [0.4, 0.5) is 16.0 Å². The summed E-state index contributed by atoms with van der Waals surface area (Å²) in [5.74, 6) is 1.09. The van der Waals surface area contributed by atoms with Crippen molar-refractivity contribution >= 4 is 11.6 Å². The largest absolute Gasteiger partial charge is 0.322 e. The summed E-state index contributed by atoms with van der Waals surface area (Å²) in [6.07, 6.45) is 1.42. The molecule has 0 radical (unpaired) electrons. The summed E-state index contributed by atoms with van der Waals surface area (Å²) < 4.78 is 16.6. The summed E-state index contributed by atoms with van der Waals surface area (Å²) in [6, 6.07) is 11.8. The van der Waals surface area contributed by atoms with Crippen molar-refractivity contribution in [2.75, 3.05) is 5.32 Å². The zero-order valence-electron chi connectivity index (χ0n) is 16.0. The molecule has 0 atom stereocenters. The molecule has 144 valence electrons. The van der Waals surface area contributed by atoms with Crippen molar-refractivity contribution in [3.63, 3.8) is 0 Å². The van der Waals surface area contributed by atoms with Gasteiger partial charge in [-0.05, 0) is 44.2 Å². The van der Waals surface area contributed by atoms with Gasteiger partial charge in [0.05, 0.1) is 11.4 Å². The predicted molar refractivity (Wildman–Crippen MR) is 105 cm³/mol. The summed E-state index contributed by atoms with van der Waals surface area (Å²) in [4.78, 5) is 8.49. The number of halogens is 1. The lowest BCUT2D eigenvalue weighted by Gasteiger charge is -2.06. The maximum atomic E-state index is 13.3. The molecule has 4 rings (SSSR count). The van der Waals surface area contributed by atoms with Gasteiger partial charge in [-0.3, -0.25) is 4.68 Å². The lowest BCUT2D eigenvalue weighted by atomic mass is 10.1. The van der Waals surface area contributed by atoms with Gasteiger partial charge in [-0.15, -0.1) is 0 Å². The van der Waals surface area contributed by atoms with Crippen LogP contribution < -0.4 is 5.32 Å². The van der Waals surface area contributed by atoms with Gasteiger partial charge < -0.3 is 5.32 Å². The second kappa shape index (κ2) is 7.16. The van der Waals surface area contributed by atoms with Gasteiger partial charge in [0.25, 0.3) is 0 Å². The second-order valence-corrected chi connectivity index (χ2v) is 6.54. The van der Waals surface area contributed by atoms with Crippen LogP contribution in [0.25, 0.3) is 17.1 Å². The molecule has 9 heteroatoms. The van der Waals surface area contributed by atoms with Gasteiger partial charge >= 0.3 is 0 Å². The fraction of sp³-hybridized carbons (Fsp3) is 0.150. The summed E-state index contributed by atoms with van der Waals surface area (Å²) in [5, 5.41) is 21.6. The van der Waals surface area contributed by atoms with E-state index in [2.05, 4.69) is 31.6 Å². The minimum atomic E-state index is -0.342. The Morgan fingerprint density at radius 3 is 2.48 bits per heavy atom. The maximum absolute atomic E-state index is 13.3. The molecule has 0 spiro atoms. The van der Waals surface area contributed by atoms with Gasteiger partial charge in [-0.25, -0.2) is 19.0 Å². The number of hydrogen-bond donors (Lipinski definition) is 1. The molecule has 0 bridgehead atoms. The Hall–Kier alpha value is -4.06. The molecule has 0 aliphatic rings. The van der Waals surface area contributed by atoms with Gasteiger partial charge in [0.2, 0.25) is 0 Å². The van der Waals surface area contributed by atoms with E-state index in [4.69, 9.17) is 0 Å². The van der Waals surface area contributed by atoms with Crippen molar-refractivity contribution in [1.29, 1.82) is 5.26 Å². The van der Waals surface area contributed by atoms with Crippen LogP contribution in [-0.4, -0.2) is 29.5 Å². The zero-order valence-corrected chi connectivity index (χ0v) is 16.0. The fourth-order valence-corrected chi connectivity index (χ4v) is 3.17. The van der Waals surface area contributed by atoms with Crippen molar-refractivity contribution in [2.24, 2.45) is 7.05 Å². The molecule has 0 aliphatic heterocycles. The number of anilines is 2. The minimum Gasteiger partial charge on any atom is -0.322 e. The third-order valence-corrected chi connectivity index (χ3v) is 4.40. The Labute approximate surface area is 166 Å². The van der Waals surface area contributed by atoms with E-state index in [1.54, 1.807) is 34.6 Å². The number of aromatic nitrogens is 6. The highest BCUT2D eigenvalue weighted by molar-refractivity contribution is 5.75. The van der Waals surface area contributed by atoms with E-state index in [1.807, 2.05) is 19.9 Å². The Kier molecular flexibility index (Phi) is 4.52. The van der Waals surface area contributed by atoms with Crippen molar-refractivity contribution in [3.8, 4) is 23.1 Å². The summed E-state index contributed by atoms with van der Waals surface area (Å²) in [7, 11) is 1.73. The molecule has 8 nitrogen and oxygen atoms in total. The van der Waals surface area contributed by atoms with Gasteiger partial charge in [-0.1, -0.05) is 0 Å². The van der Waals surface area contributed by atoms with E-state index >= 15 is 0 Å². The normalized spacial score (nSPS) is 10.7. The fourth-order valence-electron chi connectivity index (χ4n) is 3.17. The Morgan fingerprint density at radius 2 is 1.83 bits per heavy atom. The number of nitriles is 1. The molecular weight excluding hydrogens is 371 g/mol. The summed E-state index contributed by atoms with van der Waals surface area (Å²) >= 11 is 0.